The molecule has 0 saturated carbocycles. The van der Waals surface area contributed by atoms with Crippen molar-refractivity contribution in [2.24, 2.45) is 9.98 Å². The lowest BCUT2D eigenvalue weighted by atomic mass is 10.1. The normalized spacial score (nSPS) is 8.62. The smallest absolute Gasteiger partial charge is 0.240 e. The molecule has 0 atom stereocenters. The van der Waals surface area contributed by atoms with E-state index in [1.807, 2.05) is 6.07 Å². The number of hydrogen-bond acceptors (Lipinski definition) is 6. The van der Waals surface area contributed by atoms with E-state index < -0.39 is 0 Å². The number of isocyanates is 2. The number of aromatic hydroxyl groups is 2. The lowest BCUT2D eigenvalue weighted by Crippen LogP contribution is -1.77. The van der Waals surface area contributed by atoms with Gasteiger partial charge in [0.05, 0.1) is 0 Å². The standard InChI is InChI=1S/C9H6N2O3.C6H6O/c1-6-8(14)3-2-7(10-4-12)9(6)11-5-13;7-6-4-2-1-3-5-6/h2-3,14H,1H3;1-5,7H. The first-order valence-electron chi connectivity index (χ1n) is 5.82. The summed E-state index contributed by atoms with van der Waals surface area (Å²) in [5.74, 6) is 0.298. The number of nitrogens with zero attached hydrogens (tertiary/aromatic N) is 2. The molecule has 0 fully saturated rings. The second kappa shape index (κ2) is 8.07. The Balaban J connectivity index is 0.000000262. The van der Waals surface area contributed by atoms with E-state index in [0.717, 1.165) is 0 Å². The molecular formula is C15H12N2O4. The highest BCUT2D eigenvalue weighted by atomic mass is 16.3. The van der Waals surface area contributed by atoms with Crippen LogP contribution in [0.15, 0.2) is 52.4 Å². The number of rotatable bonds is 2. The van der Waals surface area contributed by atoms with Gasteiger partial charge >= 0.3 is 0 Å². The zero-order valence-corrected chi connectivity index (χ0v) is 11.1. The van der Waals surface area contributed by atoms with Crippen LogP contribution >= 0.6 is 0 Å². The van der Waals surface area contributed by atoms with Crippen molar-refractivity contribution in [2.45, 2.75) is 6.92 Å². The summed E-state index contributed by atoms with van der Waals surface area (Å²) < 4.78 is 0. The second-order valence-corrected chi connectivity index (χ2v) is 3.82. The lowest BCUT2D eigenvalue weighted by molar-refractivity contribution is 0.471. The molecule has 0 aliphatic heterocycles. The Morgan fingerprint density at radius 3 is 2.00 bits per heavy atom. The summed E-state index contributed by atoms with van der Waals surface area (Å²) in [4.78, 5) is 26.8. The average molecular weight is 284 g/mol. The van der Waals surface area contributed by atoms with Gasteiger partial charge in [-0.3, -0.25) is 0 Å². The summed E-state index contributed by atoms with van der Waals surface area (Å²) in [6.07, 6.45) is 2.66. The fraction of sp³-hybridized carbons (Fsp3) is 0.0667. The van der Waals surface area contributed by atoms with E-state index in [9.17, 15) is 14.7 Å². The minimum Gasteiger partial charge on any atom is -0.508 e. The first kappa shape index (κ1) is 15.9. The largest absolute Gasteiger partial charge is 0.508 e. The molecule has 106 valence electrons. The Morgan fingerprint density at radius 1 is 0.905 bits per heavy atom. The molecule has 2 rings (SSSR count). The summed E-state index contributed by atoms with van der Waals surface area (Å²) in [6, 6.07) is 11.4. The van der Waals surface area contributed by atoms with Crippen molar-refractivity contribution in [3.8, 4) is 11.5 Å². The van der Waals surface area contributed by atoms with Gasteiger partial charge < -0.3 is 10.2 Å². The van der Waals surface area contributed by atoms with Crippen LogP contribution in [0, 0.1) is 6.92 Å². The van der Waals surface area contributed by atoms with Crippen LogP contribution in [0.5, 0.6) is 11.5 Å². The van der Waals surface area contributed by atoms with Crippen LogP contribution in [0.4, 0.5) is 11.4 Å². The molecule has 0 spiro atoms. The van der Waals surface area contributed by atoms with Gasteiger partial charge in [-0.25, -0.2) is 9.59 Å². The number of phenolic OH excluding ortho intramolecular Hbond substituents is 2. The Hall–Kier alpha value is -3.20. The highest BCUT2D eigenvalue weighted by Gasteiger charge is 2.07. The molecule has 0 aromatic heterocycles. The molecule has 6 nitrogen and oxygen atoms in total. The topological polar surface area (TPSA) is 99.3 Å². The number of benzene rings is 2. The maximum atomic E-state index is 10.1. The molecule has 0 aliphatic rings. The van der Waals surface area contributed by atoms with E-state index in [4.69, 9.17) is 5.11 Å². The molecule has 0 amide bonds. The van der Waals surface area contributed by atoms with Gasteiger partial charge in [0.15, 0.2) is 0 Å². The Morgan fingerprint density at radius 2 is 1.52 bits per heavy atom. The molecule has 0 heterocycles. The van der Waals surface area contributed by atoms with Crippen LogP contribution in [0.1, 0.15) is 5.56 Å². The van der Waals surface area contributed by atoms with Gasteiger partial charge in [-0.1, -0.05) is 18.2 Å². The van der Waals surface area contributed by atoms with Crippen molar-refractivity contribution in [1.29, 1.82) is 0 Å². The Bertz CT molecular complexity index is 701. The summed E-state index contributed by atoms with van der Waals surface area (Å²) in [6.45, 7) is 1.55. The van der Waals surface area contributed by atoms with E-state index in [1.165, 1.54) is 24.3 Å². The summed E-state index contributed by atoms with van der Waals surface area (Å²) in [5.41, 5.74) is 0.673. The molecule has 0 saturated heterocycles. The van der Waals surface area contributed by atoms with E-state index in [0.29, 0.717) is 11.3 Å². The molecule has 2 N–H and O–H groups in total. The van der Waals surface area contributed by atoms with Gasteiger partial charge in [0.25, 0.3) is 0 Å². The Labute approximate surface area is 120 Å². The summed E-state index contributed by atoms with van der Waals surface area (Å²) >= 11 is 0. The highest BCUT2D eigenvalue weighted by Crippen LogP contribution is 2.35. The molecule has 0 bridgehead atoms. The van der Waals surface area contributed by atoms with Crippen LogP contribution in [-0.4, -0.2) is 22.4 Å². The third-order valence-electron chi connectivity index (χ3n) is 2.46. The summed E-state index contributed by atoms with van der Waals surface area (Å²) in [5, 5.41) is 17.9. The van der Waals surface area contributed by atoms with E-state index in [1.54, 1.807) is 31.2 Å². The highest BCUT2D eigenvalue weighted by molar-refractivity contribution is 5.73. The molecule has 0 unspecified atom stereocenters. The molecule has 2 aromatic carbocycles. The van der Waals surface area contributed by atoms with E-state index in [-0.39, 0.29) is 17.1 Å². The van der Waals surface area contributed by atoms with Gasteiger partial charge in [-0.15, -0.1) is 0 Å². The number of carbonyl (C=O) groups excluding carboxylic acids is 2. The van der Waals surface area contributed by atoms with Crippen molar-refractivity contribution in [1.82, 2.24) is 0 Å². The van der Waals surface area contributed by atoms with Gasteiger partial charge in [0.2, 0.25) is 12.2 Å². The maximum Gasteiger partial charge on any atom is 0.240 e. The predicted molar refractivity (Wildman–Crippen MR) is 76.5 cm³/mol. The van der Waals surface area contributed by atoms with Gasteiger partial charge in [-0.05, 0) is 31.2 Å². The molecule has 6 heteroatoms. The molecular weight excluding hydrogens is 272 g/mol. The average Bonchev–Trinajstić information content (AvgIpc) is 2.48. The van der Waals surface area contributed by atoms with E-state index >= 15 is 0 Å². The predicted octanol–water partition coefficient (Wildman–Crippen LogP) is 3.03. The molecule has 0 radical (unpaired) electrons. The zero-order valence-electron chi connectivity index (χ0n) is 11.1. The summed E-state index contributed by atoms with van der Waals surface area (Å²) in [7, 11) is 0. The monoisotopic (exact) mass is 284 g/mol. The number of aliphatic imine (C=N–C) groups is 2. The van der Waals surface area contributed by atoms with Crippen molar-refractivity contribution < 1.29 is 19.8 Å². The molecule has 21 heavy (non-hydrogen) atoms. The first-order valence-corrected chi connectivity index (χ1v) is 5.82. The second-order valence-electron chi connectivity index (χ2n) is 3.82. The van der Waals surface area contributed by atoms with Crippen molar-refractivity contribution in [3.05, 3.63) is 48.0 Å². The fourth-order valence-corrected chi connectivity index (χ4v) is 1.43. The third kappa shape index (κ3) is 4.76. The van der Waals surface area contributed by atoms with Gasteiger partial charge in [0, 0.05) is 5.56 Å². The van der Waals surface area contributed by atoms with Crippen LogP contribution in [0.25, 0.3) is 0 Å². The van der Waals surface area contributed by atoms with E-state index in [2.05, 4.69) is 9.98 Å². The third-order valence-corrected chi connectivity index (χ3v) is 2.46. The van der Waals surface area contributed by atoms with Crippen LogP contribution in [0.2, 0.25) is 0 Å². The lowest BCUT2D eigenvalue weighted by Gasteiger charge is -2.02. The minimum absolute atomic E-state index is 0.0242. The fourth-order valence-electron chi connectivity index (χ4n) is 1.43. The van der Waals surface area contributed by atoms with Crippen LogP contribution in [0.3, 0.4) is 0 Å². The number of phenols is 2. The van der Waals surface area contributed by atoms with Crippen LogP contribution < -0.4 is 0 Å². The van der Waals surface area contributed by atoms with Gasteiger partial charge in [-0.2, -0.15) is 9.98 Å². The SMILES string of the molecule is Cc1c(O)ccc(N=C=O)c1N=C=O.Oc1ccccc1. The molecule has 2 aromatic rings. The first-order chi connectivity index (χ1) is 10.1. The minimum atomic E-state index is -0.0242. The Kier molecular flexibility index (Phi) is 6.09. The number of para-hydroxylation sites is 1. The number of hydrogen-bond donors (Lipinski definition) is 2. The maximum absolute atomic E-state index is 10.1. The molecule has 0 aliphatic carbocycles. The van der Waals surface area contributed by atoms with Crippen LogP contribution in [-0.2, 0) is 9.59 Å². The van der Waals surface area contributed by atoms with Gasteiger partial charge in [0.1, 0.15) is 22.9 Å². The van der Waals surface area contributed by atoms with Crippen molar-refractivity contribution in [3.63, 3.8) is 0 Å². The zero-order chi connectivity index (χ0) is 15.7. The van der Waals surface area contributed by atoms with Crippen molar-refractivity contribution in [2.75, 3.05) is 0 Å². The quantitative estimate of drug-likeness (QED) is 0.654. The van der Waals surface area contributed by atoms with Crippen molar-refractivity contribution >= 4 is 23.5 Å².